The third kappa shape index (κ3) is 3.23. The van der Waals surface area contributed by atoms with Crippen LogP contribution >= 0.6 is 0 Å². The van der Waals surface area contributed by atoms with Crippen molar-refractivity contribution in [3.05, 3.63) is 24.0 Å². The van der Waals surface area contributed by atoms with Crippen molar-refractivity contribution in [3.63, 3.8) is 0 Å². The molecule has 0 aliphatic carbocycles. The van der Waals surface area contributed by atoms with Crippen molar-refractivity contribution in [1.29, 1.82) is 0 Å². The van der Waals surface area contributed by atoms with Gasteiger partial charge in [-0.3, -0.25) is 0 Å². The van der Waals surface area contributed by atoms with Gasteiger partial charge in [0.05, 0.1) is 19.3 Å². The SMILES string of the molecule is CCOCCc1noc(-c2ccc(OC)cc2O)n1. The van der Waals surface area contributed by atoms with Crippen LogP contribution in [0.3, 0.4) is 0 Å². The van der Waals surface area contributed by atoms with E-state index in [1.165, 1.54) is 13.2 Å². The van der Waals surface area contributed by atoms with Crippen molar-refractivity contribution in [3.8, 4) is 23.0 Å². The Labute approximate surface area is 111 Å². The number of phenols is 1. The molecule has 0 amide bonds. The highest BCUT2D eigenvalue weighted by molar-refractivity contribution is 5.63. The third-order valence-electron chi connectivity index (χ3n) is 2.58. The van der Waals surface area contributed by atoms with Crippen molar-refractivity contribution in [1.82, 2.24) is 10.1 Å². The first-order chi connectivity index (χ1) is 9.24. The Morgan fingerprint density at radius 2 is 2.21 bits per heavy atom. The molecule has 19 heavy (non-hydrogen) atoms. The van der Waals surface area contributed by atoms with Crippen LogP contribution in [0.2, 0.25) is 0 Å². The Bertz CT molecular complexity index is 539. The number of benzene rings is 1. The molecular formula is C13H16N2O4. The minimum absolute atomic E-state index is 0.0411. The topological polar surface area (TPSA) is 77.6 Å². The zero-order chi connectivity index (χ0) is 13.7. The Kier molecular flexibility index (Phi) is 4.35. The van der Waals surface area contributed by atoms with E-state index >= 15 is 0 Å². The molecule has 0 saturated heterocycles. The maximum Gasteiger partial charge on any atom is 0.261 e. The monoisotopic (exact) mass is 264 g/mol. The lowest BCUT2D eigenvalue weighted by atomic mass is 10.2. The lowest BCUT2D eigenvalue weighted by Gasteiger charge is -2.02. The zero-order valence-electron chi connectivity index (χ0n) is 10.9. The van der Waals surface area contributed by atoms with Gasteiger partial charge in [-0.2, -0.15) is 4.98 Å². The molecule has 0 aliphatic rings. The quantitative estimate of drug-likeness (QED) is 0.804. The molecule has 1 aromatic heterocycles. The van der Waals surface area contributed by atoms with Gasteiger partial charge in [-0.05, 0) is 19.1 Å². The van der Waals surface area contributed by atoms with Gasteiger partial charge in [0.1, 0.15) is 11.5 Å². The smallest absolute Gasteiger partial charge is 0.261 e. The molecular weight excluding hydrogens is 248 g/mol. The molecule has 6 heteroatoms. The maximum atomic E-state index is 9.87. The number of nitrogens with zero attached hydrogens (tertiary/aromatic N) is 2. The summed E-state index contributed by atoms with van der Waals surface area (Å²) in [7, 11) is 1.53. The van der Waals surface area contributed by atoms with Crippen molar-refractivity contribution in [2.75, 3.05) is 20.3 Å². The fourth-order valence-corrected chi connectivity index (χ4v) is 1.59. The molecule has 0 aliphatic heterocycles. The summed E-state index contributed by atoms with van der Waals surface area (Å²) in [4.78, 5) is 4.21. The van der Waals surface area contributed by atoms with E-state index in [1.807, 2.05) is 6.92 Å². The molecule has 1 aromatic carbocycles. The second-order valence-corrected chi connectivity index (χ2v) is 3.85. The summed E-state index contributed by atoms with van der Waals surface area (Å²) < 4.78 is 15.4. The molecule has 0 spiro atoms. The van der Waals surface area contributed by atoms with Crippen LogP contribution in [0.1, 0.15) is 12.7 Å². The number of hydrogen-bond donors (Lipinski definition) is 1. The summed E-state index contributed by atoms with van der Waals surface area (Å²) in [6, 6.07) is 4.90. The average Bonchev–Trinajstić information content (AvgIpc) is 2.87. The van der Waals surface area contributed by atoms with Crippen LogP contribution in [0.4, 0.5) is 0 Å². The van der Waals surface area contributed by atoms with E-state index in [-0.39, 0.29) is 11.6 Å². The van der Waals surface area contributed by atoms with Crippen molar-refractivity contribution >= 4 is 0 Å². The van der Waals surface area contributed by atoms with Gasteiger partial charge in [0.2, 0.25) is 0 Å². The largest absolute Gasteiger partial charge is 0.507 e. The highest BCUT2D eigenvalue weighted by Gasteiger charge is 2.13. The highest BCUT2D eigenvalue weighted by Crippen LogP contribution is 2.31. The molecule has 102 valence electrons. The first kappa shape index (κ1) is 13.4. The molecule has 1 N–H and O–H groups in total. The Morgan fingerprint density at radius 3 is 2.89 bits per heavy atom. The molecule has 6 nitrogen and oxygen atoms in total. The Morgan fingerprint density at radius 1 is 1.37 bits per heavy atom. The average molecular weight is 264 g/mol. The fourth-order valence-electron chi connectivity index (χ4n) is 1.59. The third-order valence-corrected chi connectivity index (χ3v) is 2.58. The first-order valence-electron chi connectivity index (χ1n) is 6.02. The zero-order valence-corrected chi connectivity index (χ0v) is 10.9. The molecule has 0 unspecified atom stereocenters. The number of aromatic nitrogens is 2. The number of methoxy groups -OCH3 is 1. The number of ether oxygens (including phenoxy) is 2. The minimum atomic E-state index is 0.0411. The molecule has 2 rings (SSSR count). The lowest BCUT2D eigenvalue weighted by molar-refractivity contribution is 0.149. The van der Waals surface area contributed by atoms with Crippen LogP contribution in [0.15, 0.2) is 22.7 Å². The van der Waals surface area contributed by atoms with E-state index in [0.717, 1.165) is 0 Å². The summed E-state index contributed by atoms with van der Waals surface area (Å²) >= 11 is 0. The minimum Gasteiger partial charge on any atom is -0.507 e. The van der Waals surface area contributed by atoms with E-state index < -0.39 is 0 Å². The summed E-state index contributed by atoms with van der Waals surface area (Å²) in [5, 5.41) is 13.7. The van der Waals surface area contributed by atoms with Gasteiger partial charge in [0.25, 0.3) is 5.89 Å². The summed E-state index contributed by atoms with van der Waals surface area (Å²) in [5.41, 5.74) is 0.482. The number of rotatable bonds is 6. The van der Waals surface area contributed by atoms with Gasteiger partial charge in [0.15, 0.2) is 5.82 Å². The lowest BCUT2D eigenvalue weighted by Crippen LogP contribution is -1.99. The van der Waals surface area contributed by atoms with E-state index in [9.17, 15) is 5.11 Å². The van der Waals surface area contributed by atoms with Crippen LogP contribution in [0.25, 0.3) is 11.5 Å². The predicted molar refractivity (Wildman–Crippen MR) is 68.1 cm³/mol. The summed E-state index contributed by atoms with van der Waals surface area (Å²) in [5.74, 6) is 1.45. The van der Waals surface area contributed by atoms with Gasteiger partial charge >= 0.3 is 0 Å². The second kappa shape index (κ2) is 6.19. The summed E-state index contributed by atoms with van der Waals surface area (Å²) in [6.45, 7) is 3.13. The van der Waals surface area contributed by atoms with Crippen LogP contribution in [0.5, 0.6) is 11.5 Å². The van der Waals surface area contributed by atoms with Crippen molar-refractivity contribution in [2.45, 2.75) is 13.3 Å². The normalized spacial score (nSPS) is 10.6. The standard InChI is InChI=1S/C13H16N2O4/c1-3-18-7-6-12-14-13(19-15-12)10-5-4-9(17-2)8-11(10)16/h4-5,8,16H,3,6-7H2,1-2H3. The van der Waals surface area contributed by atoms with Crippen LogP contribution in [-0.2, 0) is 11.2 Å². The van der Waals surface area contributed by atoms with Crippen molar-refractivity contribution in [2.24, 2.45) is 0 Å². The molecule has 0 saturated carbocycles. The van der Waals surface area contributed by atoms with E-state index in [2.05, 4.69) is 10.1 Å². The van der Waals surface area contributed by atoms with E-state index in [4.69, 9.17) is 14.0 Å². The first-order valence-corrected chi connectivity index (χ1v) is 6.02. The van der Waals surface area contributed by atoms with Gasteiger partial charge in [0, 0.05) is 19.1 Å². The molecule has 1 heterocycles. The molecule has 0 atom stereocenters. The van der Waals surface area contributed by atoms with Crippen LogP contribution < -0.4 is 4.74 Å². The molecule has 0 fully saturated rings. The number of aromatic hydroxyl groups is 1. The maximum absolute atomic E-state index is 9.87. The van der Waals surface area contributed by atoms with Gasteiger partial charge in [-0.25, -0.2) is 0 Å². The highest BCUT2D eigenvalue weighted by atomic mass is 16.5. The van der Waals surface area contributed by atoms with E-state index in [1.54, 1.807) is 12.1 Å². The van der Waals surface area contributed by atoms with Gasteiger partial charge in [-0.15, -0.1) is 0 Å². The number of phenolic OH excluding ortho intramolecular Hbond substituents is 1. The molecule has 2 aromatic rings. The van der Waals surface area contributed by atoms with Gasteiger partial charge in [-0.1, -0.05) is 5.16 Å². The van der Waals surface area contributed by atoms with Crippen molar-refractivity contribution < 1.29 is 19.1 Å². The van der Waals surface area contributed by atoms with Crippen LogP contribution in [0, 0.1) is 0 Å². The summed E-state index contributed by atoms with van der Waals surface area (Å²) in [6.07, 6.45) is 0.578. The Hall–Kier alpha value is -2.08. The molecule has 0 radical (unpaired) electrons. The second-order valence-electron chi connectivity index (χ2n) is 3.85. The Balaban J connectivity index is 2.13. The van der Waals surface area contributed by atoms with Crippen LogP contribution in [-0.4, -0.2) is 35.6 Å². The van der Waals surface area contributed by atoms with E-state index in [0.29, 0.717) is 36.8 Å². The molecule has 0 bridgehead atoms. The fraction of sp³-hybridized carbons (Fsp3) is 0.385. The predicted octanol–water partition coefficient (Wildman–Crippen LogP) is 2.03. The number of hydrogen-bond acceptors (Lipinski definition) is 6. The van der Waals surface area contributed by atoms with Gasteiger partial charge < -0.3 is 19.1 Å².